The second kappa shape index (κ2) is 27.1. The maximum Gasteiger partial charge on any atom is 0.199 e. The minimum absolute atomic E-state index is 0.00116. The summed E-state index contributed by atoms with van der Waals surface area (Å²) in [5.74, 6) is 1.73. The van der Waals surface area contributed by atoms with E-state index in [1.165, 1.54) is 12.8 Å². The van der Waals surface area contributed by atoms with Crippen LogP contribution in [0.5, 0.6) is 0 Å². The van der Waals surface area contributed by atoms with Gasteiger partial charge in [-0.2, -0.15) is 0 Å². The fourth-order valence-electron chi connectivity index (χ4n) is 3.61. The van der Waals surface area contributed by atoms with Crippen molar-refractivity contribution in [2.75, 3.05) is 26.4 Å². The smallest absolute Gasteiger partial charge is 0.199 e. The molecule has 0 aromatic carbocycles. The van der Waals surface area contributed by atoms with Crippen LogP contribution in [0.2, 0.25) is 0 Å². The van der Waals surface area contributed by atoms with Gasteiger partial charge < -0.3 is 32.2 Å². The molecule has 10 heteroatoms. The van der Waals surface area contributed by atoms with Crippen LogP contribution in [0, 0.1) is 10.8 Å². The topological polar surface area (TPSA) is 115 Å². The lowest BCUT2D eigenvalue weighted by Crippen LogP contribution is -2.36. The first-order chi connectivity index (χ1) is 24.0. The Morgan fingerprint density at radius 2 is 1.00 bits per heavy atom. The number of hydrogen-bond donors (Lipinski definition) is 0. The predicted octanol–water partition coefficient (Wildman–Crippen LogP) is 12.2. The van der Waals surface area contributed by atoms with E-state index in [2.05, 4.69) is 119 Å². The molecule has 0 aliphatic carbocycles. The Morgan fingerprint density at radius 1 is 0.538 bits per heavy atom. The number of hydrogen-bond acceptors (Lipinski definition) is 10. The highest BCUT2D eigenvalue weighted by molar-refractivity contribution is 5.05. The molecule has 0 saturated carbocycles. The average Bonchev–Trinajstić information content (AvgIpc) is 3.92. The van der Waals surface area contributed by atoms with Crippen LogP contribution in [0.3, 0.4) is 0 Å². The van der Waals surface area contributed by atoms with Crippen molar-refractivity contribution >= 4 is 0 Å². The third kappa shape index (κ3) is 25.4. The summed E-state index contributed by atoms with van der Waals surface area (Å²) in [4.78, 5) is 11.9. The third-order valence-corrected chi connectivity index (χ3v) is 6.31. The second-order valence-electron chi connectivity index (χ2n) is 16.6. The maximum absolute atomic E-state index is 5.42. The van der Waals surface area contributed by atoms with E-state index < -0.39 is 0 Å². The summed E-state index contributed by atoms with van der Waals surface area (Å²) < 4.78 is 36.4. The van der Waals surface area contributed by atoms with E-state index in [1.54, 1.807) is 24.9 Å². The fourth-order valence-corrected chi connectivity index (χ4v) is 3.61. The molecule has 5 rings (SSSR count). The standard InChI is InChI=1S/C8H16O2.3C7H11NO.C7H14O2.3C2H6/c1-8(2,3)7-9-5-4-6-10-7;1-7(2,3)6-4-9-5-8-6;1-7(2,3)6-4-8-5-9-6;2*1-7(2,3)6-8-4-5-9-6;3*1-2/h7H,4-6H2,1-3H3;3*4-5H,1-3H3;6H,4-5H2,1-3H3;3*1-2H3. The monoisotopic (exact) mass is 740 g/mol. The van der Waals surface area contributed by atoms with Gasteiger partial charge in [0.1, 0.15) is 18.3 Å². The summed E-state index contributed by atoms with van der Waals surface area (Å²) in [7, 11) is 0. The lowest BCUT2D eigenvalue weighted by atomic mass is 9.93. The highest BCUT2D eigenvalue weighted by Gasteiger charge is 2.29. The number of aromatic nitrogens is 3. The first-order valence-corrected chi connectivity index (χ1v) is 19.2. The molecule has 0 radical (unpaired) electrons. The van der Waals surface area contributed by atoms with Crippen molar-refractivity contribution in [3.8, 4) is 0 Å². The fraction of sp³-hybridized carbons (Fsp3) is 0.786. The highest BCUT2D eigenvalue weighted by Crippen LogP contribution is 2.26. The van der Waals surface area contributed by atoms with E-state index in [0.717, 1.165) is 50.2 Å². The van der Waals surface area contributed by atoms with E-state index in [0.29, 0.717) is 0 Å². The maximum atomic E-state index is 5.42. The number of oxazole rings is 3. The Morgan fingerprint density at radius 3 is 1.21 bits per heavy atom. The molecule has 306 valence electrons. The molecule has 0 unspecified atom stereocenters. The summed E-state index contributed by atoms with van der Waals surface area (Å²) in [6, 6.07) is 0. The summed E-state index contributed by atoms with van der Waals surface area (Å²) in [6.07, 6.45) is 10.7. The van der Waals surface area contributed by atoms with Crippen molar-refractivity contribution in [3.05, 3.63) is 55.1 Å². The molecule has 10 nitrogen and oxygen atoms in total. The van der Waals surface area contributed by atoms with E-state index in [4.69, 9.17) is 32.2 Å². The molecule has 2 aliphatic rings. The molecular weight excluding hydrogens is 658 g/mol. The summed E-state index contributed by atoms with van der Waals surface area (Å²) >= 11 is 0. The van der Waals surface area contributed by atoms with Gasteiger partial charge in [0, 0.05) is 27.1 Å². The molecule has 0 spiro atoms. The lowest BCUT2D eigenvalue weighted by Gasteiger charge is -2.33. The van der Waals surface area contributed by atoms with Crippen LogP contribution < -0.4 is 0 Å². The molecule has 2 aliphatic heterocycles. The van der Waals surface area contributed by atoms with Crippen molar-refractivity contribution in [3.63, 3.8) is 0 Å². The summed E-state index contributed by atoms with van der Waals surface area (Å²) in [6.45, 7) is 46.7. The van der Waals surface area contributed by atoms with Gasteiger partial charge in [0.2, 0.25) is 0 Å². The first-order valence-electron chi connectivity index (χ1n) is 19.2. The van der Waals surface area contributed by atoms with Crippen molar-refractivity contribution in [1.29, 1.82) is 0 Å². The first kappa shape index (κ1) is 53.8. The van der Waals surface area contributed by atoms with Crippen LogP contribution in [-0.2, 0) is 35.2 Å². The van der Waals surface area contributed by atoms with E-state index in [9.17, 15) is 0 Å². The van der Waals surface area contributed by atoms with Gasteiger partial charge in [-0.1, -0.05) is 145 Å². The molecule has 0 atom stereocenters. The van der Waals surface area contributed by atoms with Crippen molar-refractivity contribution < 1.29 is 32.2 Å². The van der Waals surface area contributed by atoms with Crippen LogP contribution in [0.25, 0.3) is 0 Å². The summed E-state index contributed by atoms with van der Waals surface area (Å²) in [5.41, 5.74) is 1.52. The van der Waals surface area contributed by atoms with E-state index >= 15 is 0 Å². The zero-order chi connectivity index (χ0) is 41.2. The van der Waals surface area contributed by atoms with Crippen molar-refractivity contribution in [2.45, 2.75) is 181 Å². The average molecular weight is 740 g/mol. The Balaban J connectivity index is -0.000000556. The largest absolute Gasteiger partial charge is 0.451 e. The predicted molar refractivity (Wildman–Crippen MR) is 215 cm³/mol. The van der Waals surface area contributed by atoms with Gasteiger partial charge in [-0.15, -0.1) is 0 Å². The molecule has 2 fully saturated rings. The van der Waals surface area contributed by atoms with Gasteiger partial charge in [0.15, 0.2) is 31.3 Å². The number of ether oxygens (including phenoxy) is 4. The number of nitrogens with zero attached hydrogens (tertiary/aromatic N) is 3. The molecule has 3 aromatic rings. The van der Waals surface area contributed by atoms with Crippen molar-refractivity contribution in [2.24, 2.45) is 10.8 Å². The molecular formula is C42H81N3O7. The minimum atomic E-state index is 0.00116. The van der Waals surface area contributed by atoms with Crippen LogP contribution in [0.1, 0.15) is 169 Å². The van der Waals surface area contributed by atoms with Gasteiger partial charge in [0.25, 0.3) is 0 Å². The molecule has 0 amide bonds. The molecule has 2 saturated heterocycles. The normalized spacial score (nSPS) is 14.9. The minimum Gasteiger partial charge on any atom is -0.451 e. The third-order valence-electron chi connectivity index (χ3n) is 6.31. The zero-order valence-corrected chi connectivity index (χ0v) is 37.4. The van der Waals surface area contributed by atoms with Gasteiger partial charge in [-0.05, 0) is 6.42 Å². The van der Waals surface area contributed by atoms with E-state index in [1.807, 2.05) is 41.5 Å². The Labute approximate surface area is 319 Å². The van der Waals surface area contributed by atoms with Gasteiger partial charge >= 0.3 is 0 Å². The van der Waals surface area contributed by atoms with Gasteiger partial charge in [-0.3, -0.25) is 0 Å². The Bertz CT molecular complexity index is 1030. The molecule has 52 heavy (non-hydrogen) atoms. The van der Waals surface area contributed by atoms with Gasteiger partial charge in [-0.25, -0.2) is 15.0 Å². The van der Waals surface area contributed by atoms with Crippen LogP contribution >= 0.6 is 0 Å². The van der Waals surface area contributed by atoms with Gasteiger partial charge in [0.05, 0.1) is 44.5 Å². The summed E-state index contributed by atoms with van der Waals surface area (Å²) in [5, 5.41) is 0. The van der Waals surface area contributed by atoms with Crippen LogP contribution in [-0.4, -0.2) is 54.0 Å². The second-order valence-corrected chi connectivity index (χ2v) is 16.6. The molecule has 0 bridgehead atoms. The highest BCUT2D eigenvalue weighted by atomic mass is 16.7. The molecule has 3 aromatic heterocycles. The molecule has 0 N–H and O–H groups in total. The zero-order valence-electron chi connectivity index (χ0n) is 37.4. The van der Waals surface area contributed by atoms with Crippen LogP contribution in [0.15, 0.2) is 51.0 Å². The Kier molecular flexibility index (Phi) is 28.1. The number of rotatable bonds is 0. The van der Waals surface area contributed by atoms with Crippen molar-refractivity contribution in [1.82, 2.24) is 15.0 Å². The molecule has 5 heterocycles. The lowest BCUT2D eigenvalue weighted by molar-refractivity contribution is -0.224. The van der Waals surface area contributed by atoms with E-state index in [-0.39, 0.29) is 39.7 Å². The quantitative estimate of drug-likeness (QED) is 0.220. The Hall–Kier alpha value is -2.53. The SMILES string of the molecule is CC.CC.CC.CC(C)(C)C1OCCCO1.CC(C)(C)C1OCCO1.CC(C)(C)c1cnco1.CC(C)(C)c1cocn1.CC(C)(C)c1ncco1. The van der Waals surface area contributed by atoms with Crippen LogP contribution in [0.4, 0.5) is 0 Å².